The fourth-order valence-corrected chi connectivity index (χ4v) is 5.58. The third-order valence-electron chi connectivity index (χ3n) is 7.08. The normalized spacial score (nSPS) is 13.6. The van der Waals surface area contributed by atoms with Gasteiger partial charge in [0.2, 0.25) is 0 Å². The van der Waals surface area contributed by atoms with Crippen molar-refractivity contribution in [3.05, 3.63) is 29.8 Å². The summed E-state index contributed by atoms with van der Waals surface area (Å²) in [5, 5.41) is 9.67. The molecule has 3 nitrogen and oxygen atoms in total. The van der Waals surface area contributed by atoms with Gasteiger partial charge in [0.25, 0.3) is 0 Å². The molecule has 1 aromatic carbocycles. The number of thioether (sulfide) groups is 1. The van der Waals surface area contributed by atoms with E-state index in [1.807, 2.05) is 11.8 Å². The first-order valence-electron chi connectivity index (χ1n) is 15.5. The van der Waals surface area contributed by atoms with E-state index in [2.05, 4.69) is 58.9 Å². The summed E-state index contributed by atoms with van der Waals surface area (Å²) in [4.78, 5) is 0. The highest BCUT2D eigenvalue weighted by molar-refractivity contribution is 7.99. The first-order valence-corrected chi connectivity index (χ1v) is 16.6. The van der Waals surface area contributed by atoms with Crippen LogP contribution in [0.5, 0.6) is 5.75 Å². The van der Waals surface area contributed by atoms with Gasteiger partial charge in [-0.1, -0.05) is 105 Å². The van der Waals surface area contributed by atoms with Crippen LogP contribution in [0.15, 0.2) is 24.3 Å². The van der Waals surface area contributed by atoms with Gasteiger partial charge < -0.3 is 14.6 Å². The smallest absolute Gasteiger partial charge is 0.119 e. The highest BCUT2D eigenvalue weighted by Gasteiger charge is 2.15. The lowest BCUT2D eigenvalue weighted by molar-refractivity contribution is 0.0260. The average molecular weight is 537 g/mol. The molecule has 2 atom stereocenters. The fraction of sp³-hybridized carbons (Fsp3) is 0.818. The maximum Gasteiger partial charge on any atom is 0.119 e. The second-order valence-electron chi connectivity index (χ2n) is 11.7. The largest absolute Gasteiger partial charge is 0.490 e. The molecule has 1 rings (SSSR count). The molecule has 0 saturated heterocycles. The summed E-state index contributed by atoms with van der Waals surface area (Å²) in [5.41, 5.74) is 1.52. The number of unbranched alkanes of at least 4 members (excludes halogenated alkanes) is 10. The van der Waals surface area contributed by atoms with E-state index in [9.17, 15) is 5.11 Å². The van der Waals surface area contributed by atoms with Gasteiger partial charge in [-0.3, -0.25) is 0 Å². The molecule has 37 heavy (non-hydrogen) atoms. The van der Waals surface area contributed by atoms with Crippen LogP contribution < -0.4 is 4.74 Å². The van der Waals surface area contributed by atoms with Gasteiger partial charge in [-0.05, 0) is 67.4 Å². The molecule has 0 aliphatic rings. The van der Waals surface area contributed by atoms with Crippen molar-refractivity contribution < 1.29 is 14.6 Å². The molecule has 4 heteroatoms. The van der Waals surface area contributed by atoms with E-state index < -0.39 is 0 Å². The van der Waals surface area contributed by atoms with Gasteiger partial charge in [0, 0.05) is 12.4 Å². The molecule has 0 spiro atoms. The Kier molecular flexibility index (Phi) is 20.5. The van der Waals surface area contributed by atoms with Gasteiger partial charge in [0.15, 0.2) is 0 Å². The summed E-state index contributed by atoms with van der Waals surface area (Å²) in [6.45, 7) is 12.2. The highest BCUT2D eigenvalue weighted by atomic mass is 32.2. The zero-order valence-electron chi connectivity index (χ0n) is 25.1. The van der Waals surface area contributed by atoms with Crippen molar-refractivity contribution in [1.82, 2.24) is 0 Å². The first-order chi connectivity index (χ1) is 17.9. The Balaban J connectivity index is 2.22. The summed E-state index contributed by atoms with van der Waals surface area (Å²) in [6, 6.07) is 8.71. The number of aliphatic hydroxyl groups is 1. The molecule has 0 aromatic heterocycles. The molecule has 1 aromatic rings. The lowest BCUT2D eigenvalue weighted by Gasteiger charge is -2.22. The highest BCUT2D eigenvalue weighted by Crippen LogP contribution is 2.26. The van der Waals surface area contributed by atoms with Crippen LogP contribution in [-0.4, -0.2) is 42.0 Å². The van der Waals surface area contributed by atoms with E-state index in [0.29, 0.717) is 6.10 Å². The third kappa shape index (κ3) is 18.3. The van der Waals surface area contributed by atoms with Crippen LogP contribution in [0.3, 0.4) is 0 Å². The minimum absolute atomic E-state index is 0.0178. The van der Waals surface area contributed by atoms with Crippen LogP contribution in [0.2, 0.25) is 0 Å². The van der Waals surface area contributed by atoms with Gasteiger partial charge in [0.05, 0.1) is 18.8 Å². The van der Waals surface area contributed by atoms with Crippen molar-refractivity contribution in [2.24, 2.45) is 0 Å². The summed E-state index contributed by atoms with van der Waals surface area (Å²) >= 11 is 1.92. The number of aliphatic hydroxyl groups excluding tert-OH is 1. The van der Waals surface area contributed by atoms with E-state index in [0.717, 1.165) is 43.1 Å². The summed E-state index contributed by atoms with van der Waals surface area (Å²) in [6.07, 6.45) is 19.2. The Bertz CT molecular complexity index is 625. The Labute approximate surface area is 234 Å². The lowest BCUT2D eigenvalue weighted by atomic mass is 9.87. The van der Waals surface area contributed by atoms with Crippen molar-refractivity contribution >= 4 is 11.8 Å². The molecule has 0 amide bonds. The molecule has 0 saturated carbocycles. The molecule has 2 unspecified atom stereocenters. The van der Waals surface area contributed by atoms with Gasteiger partial charge in [-0.15, -0.1) is 0 Å². The van der Waals surface area contributed by atoms with Crippen molar-refractivity contribution in [2.45, 2.75) is 149 Å². The molecule has 0 aliphatic heterocycles. The van der Waals surface area contributed by atoms with Crippen LogP contribution in [0, 0.1) is 0 Å². The third-order valence-corrected chi connectivity index (χ3v) is 8.26. The first kappa shape index (κ1) is 34.3. The zero-order chi connectivity index (χ0) is 27.2. The van der Waals surface area contributed by atoms with Crippen LogP contribution in [-0.2, 0) is 10.2 Å². The molecule has 0 aliphatic carbocycles. The minimum Gasteiger partial charge on any atom is -0.490 e. The summed E-state index contributed by atoms with van der Waals surface area (Å²) in [5.74, 6) is 3.02. The van der Waals surface area contributed by atoms with E-state index in [1.54, 1.807) is 0 Å². The quantitative estimate of drug-likeness (QED) is 0.133. The Hall–Kier alpha value is -0.710. The second kappa shape index (κ2) is 22.1. The Morgan fingerprint density at radius 3 is 1.89 bits per heavy atom. The van der Waals surface area contributed by atoms with Crippen LogP contribution in [0.25, 0.3) is 0 Å². The van der Waals surface area contributed by atoms with E-state index >= 15 is 0 Å². The van der Waals surface area contributed by atoms with Gasteiger partial charge in [0.1, 0.15) is 5.75 Å². The number of hydrogen-bond donors (Lipinski definition) is 1. The average Bonchev–Trinajstić information content (AvgIpc) is 2.88. The minimum atomic E-state index is -0.0178. The van der Waals surface area contributed by atoms with Crippen LogP contribution >= 0.6 is 11.8 Å². The fourth-order valence-electron chi connectivity index (χ4n) is 4.54. The number of benzene rings is 1. The predicted molar refractivity (Wildman–Crippen MR) is 164 cm³/mol. The van der Waals surface area contributed by atoms with Crippen molar-refractivity contribution in [3.8, 4) is 5.75 Å². The maximum absolute atomic E-state index is 9.67. The molecular weight excluding hydrogens is 476 g/mol. The summed E-state index contributed by atoms with van der Waals surface area (Å²) < 4.78 is 12.4. The lowest BCUT2D eigenvalue weighted by Crippen LogP contribution is -2.21. The number of hydrogen-bond acceptors (Lipinski definition) is 4. The van der Waals surface area contributed by atoms with Crippen LogP contribution in [0.1, 0.15) is 136 Å². The van der Waals surface area contributed by atoms with Gasteiger partial charge in [-0.25, -0.2) is 0 Å². The van der Waals surface area contributed by atoms with Crippen molar-refractivity contribution in [3.63, 3.8) is 0 Å². The van der Waals surface area contributed by atoms with Gasteiger partial charge in [-0.2, -0.15) is 11.8 Å². The molecular formula is C33H60O3S. The van der Waals surface area contributed by atoms with E-state index in [4.69, 9.17) is 9.47 Å². The molecule has 0 heterocycles. The SMILES string of the molecule is CCCCCCCCCCOC(CO)CSCCCCC(CCCCC)Oc1ccc(C(C)(C)C)cc1. The molecule has 0 fully saturated rings. The maximum atomic E-state index is 9.67. The standard InChI is InChI=1S/C33H60O3S/c1-6-8-10-11-12-13-14-17-25-35-32(27-34)28-37-26-18-16-20-30(19-15-9-7-2)36-31-23-21-29(22-24-31)33(3,4)5/h21-24,30,32,34H,6-20,25-28H2,1-5H3. The number of rotatable bonds is 24. The van der Waals surface area contributed by atoms with E-state index in [-0.39, 0.29) is 18.1 Å². The van der Waals surface area contributed by atoms with Crippen molar-refractivity contribution in [1.29, 1.82) is 0 Å². The van der Waals surface area contributed by atoms with E-state index in [1.165, 1.54) is 82.6 Å². The van der Waals surface area contributed by atoms with Gasteiger partial charge >= 0.3 is 0 Å². The topological polar surface area (TPSA) is 38.7 Å². The summed E-state index contributed by atoms with van der Waals surface area (Å²) in [7, 11) is 0. The Morgan fingerprint density at radius 2 is 1.30 bits per heavy atom. The Morgan fingerprint density at radius 1 is 0.730 bits per heavy atom. The monoisotopic (exact) mass is 536 g/mol. The van der Waals surface area contributed by atoms with Crippen LogP contribution in [0.4, 0.5) is 0 Å². The molecule has 0 bridgehead atoms. The zero-order valence-corrected chi connectivity index (χ0v) is 25.9. The van der Waals surface area contributed by atoms with Crippen molar-refractivity contribution in [2.75, 3.05) is 24.7 Å². The second-order valence-corrected chi connectivity index (χ2v) is 12.9. The predicted octanol–water partition coefficient (Wildman–Crippen LogP) is 9.73. The molecule has 216 valence electrons. The number of ether oxygens (including phenoxy) is 2. The molecule has 1 N–H and O–H groups in total. The molecule has 0 radical (unpaired) electrons.